The summed E-state index contributed by atoms with van der Waals surface area (Å²) >= 11 is 0. The van der Waals surface area contributed by atoms with Crippen LogP contribution >= 0.6 is 0 Å². The minimum Gasteiger partial charge on any atom is -0.748 e. The Kier molecular flexibility index (Phi) is 4.72. The van der Waals surface area contributed by atoms with Crippen molar-refractivity contribution in [3.05, 3.63) is 0 Å². The maximum absolute atomic E-state index is 11.0. The van der Waals surface area contributed by atoms with Crippen LogP contribution in [0.2, 0.25) is 11.1 Å². The van der Waals surface area contributed by atoms with Gasteiger partial charge in [-0.05, 0) is 38.5 Å². The highest BCUT2D eigenvalue weighted by Crippen LogP contribution is 2.45. The van der Waals surface area contributed by atoms with E-state index < -0.39 is 23.9 Å². The summed E-state index contributed by atoms with van der Waals surface area (Å²) in [7, 11) is -7.50. The third-order valence-electron chi connectivity index (χ3n) is 4.89. The van der Waals surface area contributed by atoms with E-state index in [4.69, 9.17) is 0 Å². The van der Waals surface area contributed by atoms with E-state index in [2.05, 4.69) is 0 Å². The molecule has 0 atom stereocenters. The molecule has 112 valence electrons. The van der Waals surface area contributed by atoms with Gasteiger partial charge < -0.3 is 14.1 Å². The molecule has 2 aliphatic rings. The molecule has 0 radical (unpaired) electrons. The summed E-state index contributed by atoms with van der Waals surface area (Å²) in [4.78, 5) is 21.0. The van der Waals surface area contributed by atoms with E-state index in [0.29, 0.717) is 25.7 Å². The van der Waals surface area contributed by atoms with Crippen molar-refractivity contribution in [2.75, 3.05) is 0 Å². The fourth-order valence-electron chi connectivity index (χ4n) is 3.64. The van der Waals surface area contributed by atoms with Crippen LogP contribution in [0, 0.1) is 0 Å². The van der Waals surface area contributed by atoms with Gasteiger partial charge in [0.25, 0.3) is 0 Å². The Bertz CT molecular complexity index is 394. The molecule has 0 heterocycles. The Morgan fingerprint density at radius 2 is 1.32 bits per heavy atom. The molecule has 0 aromatic carbocycles. The van der Waals surface area contributed by atoms with Crippen LogP contribution in [0.5, 0.6) is 0 Å². The molecule has 2 N–H and O–H groups in total. The highest BCUT2D eigenvalue weighted by atomic mass is 32.2. The molecule has 0 aliphatic heterocycles. The summed E-state index contributed by atoms with van der Waals surface area (Å²) in [6.45, 7) is 0. The molecule has 0 amide bonds. The molecule has 0 aromatic rings. The van der Waals surface area contributed by atoms with Crippen molar-refractivity contribution in [1.29, 1.82) is 0 Å². The predicted molar refractivity (Wildman–Crippen MR) is 72.7 cm³/mol. The van der Waals surface area contributed by atoms with E-state index in [1.54, 1.807) is 0 Å². The van der Waals surface area contributed by atoms with Gasteiger partial charge in [-0.15, -0.1) is 0 Å². The summed E-state index contributed by atoms with van der Waals surface area (Å²) in [5.41, 5.74) is -0.125. The van der Waals surface area contributed by atoms with Gasteiger partial charge in [-0.25, -0.2) is 8.42 Å². The lowest BCUT2D eigenvalue weighted by atomic mass is 9.99. The highest BCUT2D eigenvalue weighted by Gasteiger charge is 2.48. The standard InChI is InChI=1S/C12H24O5SSi/c13-18(14,15)10-6-8-12(9-7-10)19(16,17)11-4-2-1-3-5-11/h10-12,16-17H,1-9H2,(H,13,14,15)/p-1. The quantitative estimate of drug-likeness (QED) is 0.609. The SMILES string of the molecule is O=S(=O)([O-])C1CCC([Si](O)(O)C2CCCCC2)CC1. The average Bonchev–Trinajstić information content (AvgIpc) is 2.39. The second kappa shape index (κ2) is 5.81. The minimum atomic E-state index is -4.22. The fourth-order valence-corrected chi connectivity index (χ4v) is 7.59. The van der Waals surface area contributed by atoms with Crippen LogP contribution < -0.4 is 0 Å². The summed E-state index contributed by atoms with van der Waals surface area (Å²) in [5.74, 6) is 0. The predicted octanol–water partition coefficient (Wildman–Crippen LogP) is 1.61. The van der Waals surface area contributed by atoms with Crippen LogP contribution in [0.4, 0.5) is 0 Å². The van der Waals surface area contributed by atoms with Crippen molar-refractivity contribution in [3.8, 4) is 0 Å². The first-order valence-electron chi connectivity index (χ1n) is 7.21. The molecule has 2 aliphatic carbocycles. The lowest BCUT2D eigenvalue weighted by Crippen LogP contribution is -2.48. The molecule has 7 heteroatoms. The van der Waals surface area contributed by atoms with Gasteiger partial charge in [0.1, 0.15) is 0 Å². The van der Waals surface area contributed by atoms with E-state index in [1.165, 1.54) is 6.42 Å². The van der Waals surface area contributed by atoms with Gasteiger partial charge in [0.05, 0.1) is 10.1 Å². The van der Waals surface area contributed by atoms with Crippen molar-refractivity contribution >= 4 is 18.7 Å². The number of hydrogen-bond acceptors (Lipinski definition) is 5. The van der Waals surface area contributed by atoms with Crippen LogP contribution in [0.15, 0.2) is 0 Å². The largest absolute Gasteiger partial charge is 0.748 e. The second-order valence-electron chi connectivity index (χ2n) is 6.08. The molecule has 2 rings (SSSR count). The molecular formula is C12H23O5SSi-. The number of hydrogen-bond donors (Lipinski definition) is 2. The van der Waals surface area contributed by atoms with Crippen molar-refractivity contribution < 1.29 is 22.6 Å². The molecule has 5 nitrogen and oxygen atoms in total. The molecular weight excluding hydrogens is 284 g/mol. The van der Waals surface area contributed by atoms with Gasteiger partial charge in [-0.3, -0.25) is 0 Å². The molecule has 2 saturated carbocycles. The van der Waals surface area contributed by atoms with E-state index in [0.717, 1.165) is 25.7 Å². The molecule has 0 bridgehead atoms. The fraction of sp³-hybridized carbons (Fsp3) is 1.00. The highest BCUT2D eigenvalue weighted by molar-refractivity contribution is 7.86. The molecule has 19 heavy (non-hydrogen) atoms. The van der Waals surface area contributed by atoms with Crippen molar-refractivity contribution in [2.24, 2.45) is 0 Å². The summed E-state index contributed by atoms with van der Waals surface area (Å²) < 4.78 is 32.9. The second-order valence-corrected chi connectivity index (χ2v) is 10.9. The van der Waals surface area contributed by atoms with Crippen molar-refractivity contribution in [3.63, 3.8) is 0 Å². The Hall–Kier alpha value is 0.0469. The van der Waals surface area contributed by atoms with E-state index >= 15 is 0 Å². The Labute approximate surface area is 116 Å². The third kappa shape index (κ3) is 3.58. The topological polar surface area (TPSA) is 97.7 Å². The van der Waals surface area contributed by atoms with Crippen molar-refractivity contribution in [2.45, 2.75) is 74.1 Å². The normalized spacial score (nSPS) is 31.3. The zero-order valence-corrected chi connectivity index (χ0v) is 12.9. The van der Waals surface area contributed by atoms with Crippen molar-refractivity contribution in [1.82, 2.24) is 0 Å². The van der Waals surface area contributed by atoms with E-state index in [-0.39, 0.29) is 11.1 Å². The van der Waals surface area contributed by atoms with Gasteiger partial charge >= 0.3 is 8.56 Å². The number of rotatable bonds is 3. The smallest absolute Gasteiger partial charge is 0.339 e. The molecule has 0 spiro atoms. The molecule has 0 aromatic heterocycles. The maximum atomic E-state index is 11.0. The van der Waals surface area contributed by atoms with Crippen LogP contribution in [0.1, 0.15) is 57.8 Å². The zero-order valence-electron chi connectivity index (χ0n) is 11.1. The lowest BCUT2D eigenvalue weighted by molar-refractivity contribution is 0.271. The van der Waals surface area contributed by atoms with Gasteiger partial charge in [0.2, 0.25) is 0 Å². The molecule has 0 unspecified atom stereocenters. The lowest BCUT2D eigenvalue weighted by Gasteiger charge is -2.40. The van der Waals surface area contributed by atoms with Crippen LogP contribution in [0.25, 0.3) is 0 Å². The van der Waals surface area contributed by atoms with Crippen LogP contribution in [-0.4, -0.2) is 36.4 Å². The first-order valence-corrected chi connectivity index (χ1v) is 10.7. The summed E-state index contributed by atoms with van der Waals surface area (Å²) in [5, 5.41) is -0.820. The van der Waals surface area contributed by atoms with Crippen LogP contribution in [-0.2, 0) is 10.1 Å². The van der Waals surface area contributed by atoms with E-state index in [1.807, 2.05) is 0 Å². The zero-order chi connectivity index (χ0) is 14.1. The molecule has 2 fully saturated rings. The Morgan fingerprint density at radius 3 is 1.79 bits per heavy atom. The van der Waals surface area contributed by atoms with Crippen LogP contribution in [0.3, 0.4) is 0 Å². The third-order valence-corrected chi connectivity index (χ3v) is 9.74. The summed E-state index contributed by atoms with van der Waals surface area (Å²) in [6.07, 6.45) is 6.59. The monoisotopic (exact) mass is 307 g/mol. The molecule has 0 saturated heterocycles. The Balaban J connectivity index is 1.96. The first kappa shape index (κ1) is 15.4. The average molecular weight is 307 g/mol. The minimum absolute atomic E-state index is 0.0339. The maximum Gasteiger partial charge on any atom is 0.339 e. The first-order chi connectivity index (χ1) is 8.82. The van der Waals surface area contributed by atoms with Gasteiger partial charge in [0.15, 0.2) is 0 Å². The van der Waals surface area contributed by atoms with E-state index in [9.17, 15) is 22.6 Å². The summed E-state index contributed by atoms with van der Waals surface area (Å²) in [6, 6.07) is 0. The van der Waals surface area contributed by atoms with Gasteiger partial charge in [-0.2, -0.15) is 0 Å². The van der Waals surface area contributed by atoms with Gasteiger partial charge in [0, 0.05) is 16.3 Å². The Morgan fingerprint density at radius 1 is 0.842 bits per heavy atom. The van der Waals surface area contributed by atoms with Gasteiger partial charge in [-0.1, -0.05) is 19.3 Å².